The van der Waals surface area contributed by atoms with Gasteiger partial charge in [0.15, 0.2) is 18.5 Å². The highest BCUT2D eigenvalue weighted by Crippen LogP contribution is 2.70. The minimum absolute atomic E-state index is 0.00831. The first kappa shape index (κ1) is 117. The second kappa shape index (κ2) is 54.0. The second-order valence-electron chi connectivity index (χ2n) is 40.6. The van der Waals surface area contributed by atoms with Crippen molar-refractivity contribution >= 4 is 94.6 Å². The standard InChI is InChI=1S/C99H162N12O27/c1-25-27-29-72-86(137-96(127)136-57-135-82(117)50-63(13)55-133-45-44-132-43-42-131-41-40-130-39-38-129-37-28-30-81(116)134-56-78(113)99(128)36-34-70-69-32-31-67-52-68(112)33-35-98(67)83(69)77(138-98)53-97(70,99)17)85(95(126)111(72)71(26-2)91(122)104(18)54-80(115)105(19)73(87(101)118)46-58(3)4)110(24)94(125)84(62(11)12)109(23)93(124)76(51-64(14)100)108(22)92(123)75(48-60(7)8)107(21)90(121)66(16)103-88(119)65(15)102-89(120)74(47-59(5)6)106(20)79(114)49-61(9)10/h25,27,33,35,52,58-66,69-77,83-86,128H,26,28-32,34,36-51,53-57,100H2,1-24H3,(H2,101,118)(H,102,120)(H,103,119). The number of nitrogens with zero attached hydrogens (tertiary/aromatic N) is 8. The van der Waals surface area contributed by atoms with Crippen LogP contribution in [0.4, 0.5) is 4.79 Å². The zero-order valence-corrected chi connectivity index (χ0v) is 86.2. The van der Waals surface area contributed by atoms with Crippen LogP contribution in [-0.2, 0) is 119 Å². The summed E-state index contributed by atoms with van der Waals surface area (Å²) in [6.07, 6.45) is 8.96. The summed E-state index contributed by atoms with van der Waals surface area (Å²) in [6.45, 7) is 30.1. The summed E-state index contributed by atoms with van der Waals surface area (Å²) in [4.78, 5) is 234. The van der Waals surface area contributed by atoms with Gasteiger partial charge in [0.2, 0.25) is 77.6 Å². The van der Waals surface area contributed by atoms with Gasteiger partial charge in [0.1, 0.15) is 65.6 Å². The van der Waals surface area contributed by atoms with Crippen LogP contribution in [0.5, 0.6) is 0 Å². The fraction of sp³-hybridized carbons (Fsp3) is 0.778. The van der Waals surface area contributed by atoms with E-state index in [0.717, 1.165) is 42.9 Å². The largest absolute Gasteiger partial charge is 0.511 e. The number of likely N-dealkylation sites (N-methyl/N-ethyl adjacent to an activating group) is 7. The number of rotatable bonds is 59. The molecule has 4 aliphatic carbocycles. The topological polar surface area (TPSA) is 488 Å². The molecule has 39 heteroatoms. The average Bonchev–Trinajstić information content (AvgIpc) is 1.39. The van der Waals surface area contributed by atoms with E-state index in [9.17, 15) is 62.6 Å². The van der Waals surface area contributed by atoms with Crippen molar-refractivity contribution in [3.8, 4) is 0 Å². The number of ketones is 2. The van der Waals surface area contributed by atoms with Gasteiger partial charge in [-0.2, -0.15) is 0 Å². The lowest BCUT2D eigenvalue weighted by atomic mass is 9.46. The number of ether oxygens (including phenoxy) is 10. The molecule has 7 N–H and O–H groups in total. The quantitative estimate of drug-likeness (QED) is 0.0171. The lowest BCUT2D eigenvalue weighted by Gasteiger charge is -2.68. The number of allylic oxidation sites excluding steroid dienone is 3. The van der Waals surface area contributed by atoms with Gasteiger partial charge in [-0.15, -0.1) is 0 Å². The lowest BCUT2D eigenvalue weighted by molar-refractivity contribution is -0.296. The molecule has 0 bridgehead atoms. The van der Waals surface area contributed by atoms with Crippen LogP contribution in [0.1, 0.15) is 214 Å². The first-order valence-corrected chi connectivity index (χ1v) is 49.1. The Morgan fingerprint density at radius 1 is 0.616 bits per heavy atom. The molecule has 5 fully saturated rings. The van der Waals surface area contributed by atoms with Gasteiger partial charge in [-0.1, -0.05) is 102 Å². The summed E-state index contributed by atoms with van der Waals surface area (Å²) >= 11 is 0. The minimum Gasteiger partial charge on any atom is -0.458 e. The molecule has 0 aromatic heterocycles. The number of aliphatic hydroxyl groups is 1. The van der Waals surface area contributed by atoms with Crippen molar-refractivity contribution in [2.45, 2.75) is 304 Å². The number of carbonyl (C=O) groups excluding carboxylic acids is 16. The molecule has 1 spiro atoms. The molecule has 20 unspecified atom stereocenters. The van der Waals surface area contributed by atoms with Gasteiger partial charge in [0, 0.05) is 92.8 Å². The fourth-order valence-corrected chi connectivity index (χ4v) is 20.3. The van der Waals surface area contributed by atoms with Gasteiger partial charge in [0.25, 0.3) is 0 Å². The molecule has 39 nitrogen and oxygen atoms in total. The maximum Gasteiger partial charge on any atom is 0.511 e. The number of nitrogens with two attached hydrogens (primary N) is 2. The van der Waals surface area contributed by atoms with Crippen LogP contribution in [0.2, 0.25) is 0 Å². The maximum atomic E-state index is 15.7. The fourth-order valence-electron chi connectivity index (χ4n) is 20.3. The summed E-state index contributed by atoms with van der Waals surface area (Å²) in [5.41, 5.74) is 10.3. The molecule has 11 amide bonds. The summed E-state index contributed by atoms with van der Waals surface area (Å²) in [5, 5.41) is 17.4. The third-order valence-corrected chi connectivity index (χ3v) is 27.7. The molecule has 2 saturated heterocycles. The van der Waals surface area contributed by atoms with Crippen molar-refractivity contribution in [3.63, 3.8) is 0 Å². The molecule has 0 radical (unpaired) electrons. The van der Waals surface area contributed by atoms with Gasteiger partial charge >= 0.3 is 18.1 Å². The zero-order chi connectivity index (χ0) is 103. The Balaban J connectivity index is 1.01. The van der Waals surface area contributed by atoms with Crippen molar-refractivity contribution in [1.29, 1.82) is 0 Å². The molecule has 6 aliphatic rings. The first-order valence-electron chi connectivity index (χ1n) is 49.1. The van der Waals surface area contributed by atoms with Gasteiger partial charge in [0.05, 0.1) is 78.0 Å². The van der Waals surface area contributed by atoms with Crippen LogP contribution in [0.25, 0.3) is 0 Å². The molecular formula is C99H162N12O27. The number of amides is 11. The zero-order valence-electron chi connectivity index (χ0n) is 86.2. The number of esters is 2. The summed E-state index contributed by atoms with van der Waals surface area (Å²) in [6, 6.07) is -13.7. The monoisotopic (exact) mass is 1950 g/mol. The molecule has 780 valence electrons. The van der Waals surface area contributed by atoms with Gasteiger partial charge in [-0.05, 0) is 176 Å². The lowest BCUT2D eigenvalue weighted by Crippen LogP contribution is -2.72. The van der Waals surface area contributed by atoms with E-state index in [1.54, 1.807) is 72.9 Å². The molecule has 2 heterocycles. The molecule has 3 saturated carbocycles. The summed E-state index contributed by atoms with van der Waals surface area (Å²) in [5.74, 6) is -10.3. The number of primary amides is 1. The van der Waals surface area contributed by atoms with Gasteiger partial charge < -0.3 is 114 Å². The Morgan fingerprint density at radius 2 is 1.17 bits per heavy atom. The van der Waals surface area contributed by atoms with Crippen molar-refractivity contribution in [1.82, 2.24) is 49.8 Å². The highest BCUT2D eigenvalue weighted by molar-refractivity contribution is 6.02. The smallest absolute Gasteiger partial charge is 0.458 e. The van der Waals surface area contributed by atoms with Gasteiger partial charge in [-0.3, -0.25) is 71.9 Å². The minimum atomic E-state index is -1.78. The molecule has 2 aliphatic heterocycles. The first-order chi connectivity index (χ1) is 64.8. The molecule has 6 rings (SSSR count). The van der Waals surface area contributed by atoms with E-state index in [0.29, 0.717) is 25.7 Å². The average molecular weight is 1950 g/mol. The number of carbonyl (C=O) groups is 16. The summed E-state index contributed by atoms with van der Waals surface area (Å²) < 4.78 is 56.9. The molecule has 138 heavy (non-hydrogen) atoms. The third-order valence-electron chi connectivity index (χ3n) is 27.7. The van der Waals surface area contributed by atoms with E-state index >= 15 is 19.2 Å². The SMILES string of the molecule is CC=CCC1C(OC(=O)OCOC(=O)CC(C)COCCOCCOCCOCCOCCCC(=O)OCC(=O)C2(O)CCC3C4CCC5=CC(=O)C=CC56OC(CC32C)C46)C(N(C)C(=O)C(C(C)C)N(C)C(=O)C(CC(C)N)N(C)C(=O)C(CC(C)C)N(C)C(=O)C(C)NC(=O)C(C)NC(=O)C(CC(C)C)N(C)C(=O)CC(C)C)C(=O)N1C(CC)C(=O)N(C)CC(=O)N(C)C(CC(C)C)C(N)=O. The molecule has 0 aromatic carbocycles. The molecule has 20 atom stereocenters. The van der Waals surface area contributed by atoms with E-state index in [4.69, 9.17) is 58.8 Å². The number of likely N-dealkylation sites (tertiary alicyclic amines) is 1. The molecule has 0 aromatic rings. The number of hydrogen-bond donors (Lipinski definition) is 5. The molecular weight excluding hydrogens is 1790 g/mol. The van der Waals surface area contributed by atoms with E-state index in [-0.39, 0.29) is 183 Å². The van der Waals surface area contributed by atoms with E-state index < -0.39 is 204 Å². The normalized spacial score (nSPS) is 23.5. The van der Waals surface area contributed by atoms with E-state index in [2.05, 4.69) is 10.6 Å². The van der Waals surface area contributed by atoms with Gasteiger partial charge in [-0.25, -0.2) is 4.79 Å². The number of Topliss-reactive ketones (excluding diaryl/α,β-unsaturated/α-hetero) is 1. The van der Waals surface area contributed by atoms with Crippen LogP contribution in [-0.4, -0.2) is 364 Å². The Morgan fingerprint density at radius 3 is 1.73 bits per heavy atom. The number of nitrogens with one attached hydrogen (secondary N) is 2. The predicted octanol–water partition coefficient (Wildman–Crippen LogP) is 5.24. The highest BCUT2D eigenvalue weighted by atomic mass is 16.8. The predicted molar refractivity (Wildman–Crippen MR) is 508 cm³/mol. The maximum absolute atomic E-state index is 15.7. The van der Waals surface area contributed by atoms with Crippen molar-refractivity contribution in [2.24, 2.45) is 70.1 Å². The number of hydrogen-bond acceptors (Lipinski definition) is 28. The van der Waals surface area contributed by atoms with Crippen LogP contribution in [0.3, 0.4) is 0 Å². The Hall–Kier alpha value is -9.38. The summed E-state index contributed by atoms with van der Waals surface area (Å²) in [7, 11) is 9.64. The van der Waals surface area contributed by atoms with Crippen LogP contribution in [0.15, 0.2) is 36.0 Å². The second-order valence-corrected chi connectivity index (χ2v) is 40.6. The van der Waals surface area contributed by atoms with Crippen LogP contribution in [0, 0.1) is 58.7 Å². The Labute approximate surface area is 815 Å². The van der Waals surface area contributed by atoms with Crippen LogP contribution < -0.4 is 22.1 Å². The third kappa shape index (κ3) is 30.6. The Bertz CT molecular complexity index is 4270. The highest BCUT2D eigenvalue weighted by Gasteiger charge is 2.74. The van der Waals surface area contributed by atoms with Crippen LogP contribution >= 0.6 is 0 Å². The Kier molecular flexibility index (Phi) is 45.9. The van der Waals surface area contributed by atoms with Crippen molar-refractivity contribution in [2.75, 3.05) is 135 Å². The van der Waals surface area contributed by atoms with E-state index in [1.165, 1.54) is 70.8 Å². The van der Waals surface area contributed by atoms with E-state index in [1.807, 2.05) is 68.4 Å². The number of fused-ring (bicyclic) bond motifs is 2. The van der Waals surface area contributed by atoms with Crippen molar-refractivity contribution in [3.05, 3.63) is 36.0 Å². The van der Waals surface area contributed by atoms with Crippen molar-refractivity contribution < 1.29 is 129 Å².